The second kappa shape index (κ2) is 12.2. The van der Waals surface area contributed by atoms with E-state index < -0.39 is 47.9 Å². The van der Waals surface area contributed by atoms with Crippen LogP contribution >= 0.6 is 0 Å². The molecule has 1 rings (SSSR count). The quantitative estimate of drug-likeness (QED) is 0.405. The fraction of sp³-hybridized carbons (Fsp3) is 0.583. The minimum absolute atomic E-state index is 0.0504. The van der Waals surface area contributed by atoms with Crippen molar-refractivity contribution in [2.45, 2.75) is 84.5 Å². The van der Waals surface area contributed by atoms with Gasteiger partial charge >= 0.3 is 6.09 Å². The van der Waals surface area contributed by atoms with Gasteiger partial charge in [-0.15, -0.1) is 0 Å². The lowest BCUT2D eigenvalue weighted by Gasteiger charge is -2.32. The van der Waals surface area contributed by atoms with Gasteiger partial charge in [0.05, 0.1) is 6.42 Å². The van der Waals surface area contributed by atoms with Gasteiger partial charge in [0, 0.05) is 13.1 Å². The molecule has 0 spiro atoms. The number of phenols is 1. The zero-order valence-corrected chi connectivity index (χ0v) is 21.1. The number of rotatable bonds is 10. The number of alkyl carbamates (subject to hydrolysis) is 1. The monoisotopic (exact) mass is 478 g/mol. The molecule has 0 saturated carbocycles. The molecule has 0 aliphatic heterocycles. The number of nitrogens with zero attached hydrogens (tertiary/aromatic N) is 1. The number of hydrogen-bond acceptors (Lipinski definition) is 6. The Morgan fingerprint density at radius 1 is 1.18 bits per heavy atom. The lowest BCUT2D eigenvalue weighted by atomic mass is 10.00. The smallest absolute Gasteiger partial charge is 0.408 e. The van der Waals surface area contributed by atoms with Crippen LogP contribution in [0.15, 0.2) is 18.2 Å². The van der Waals surface area contributed by atoms with Crippen molar-refractivity contribution in [2.24, 2.45) is 5.73 Å². The topological polar surface area (TPSA) is 151 Å². The summed E-state index contributed by atoms with van der Waals surface area (Å²) in [5.74, 6) is -1.88. The number of phenolic OH excluding ortho intramolecular Hbond substituents is 1. The first kappa shape index (κ1) is 28.7. The molecule has 4 amide bonds. The number of carbonyl (C=O) groups is 4. The second-order valence-corrected chi connectivity index (χ2v) is 9.47. The highest BCUT2D eigenvalue weighted by Crippen LogP contribution is 2.26. The standard InChI is InChI=1S/C24H38N4O6/c1-8-9-15(3)26-21(31)20(16-10-11-18(29)14(2)12-16)28(7)22(32)17(13-19(25)30)27-23(33)34-24(4,5)6/h10-12,15,17,20,29H,8-9,13H2,1-7H3,(H2,25,30)(H,26,31)(H,27,33). The van der Waals surface area contributed by atoms with E-state index in [0.29, 0.717) is 11.1 Å². The van der Waals surface area contributed by atoms with E-state index in [0.717, 1.165) is 17.7 Å². The van der Waals surface area contributed by atoms with E-state index >= 15 is 0 Å². The predicted octanol–water partition coefficient (Wildman–Crippen LogP) is 2.27. The number of benzene rings is 1. The van der Waals surface area contributed by atoms with Crippen LogP contribution in [0.25, 0.3) is 0 Å². The van der Waals surface area contributed by atoms with Gasteiger partial charge < -0.3 is 31.1 Å². The number of amides is 4. The summed E-state index contributed by atoms with van der Waals surface area (Å²) in [6.07, 6.45) is 0.241. The number of carbonyl (C=O) groups excluding carboxylic acids is 4. The molecule has 0 aliphatic carbocycles. The fourth-order valence-corrected chi connectivity index (χ4v) is 3.45. The Morgan fingerprint density at radius 2 is 1.79 bits per heavy atom. The van der Waals surface area contributed by atoms with Gasteiger partial charge in [-0.1, -0.05) is 19.4 Å². The Bertz CT molecular complexity index is 896. The lowest BCUT2D eigenvalue weighted by molar-refractivity contribution is -0.142. The van der Waals surface area contributed by atoms with Gasteiger partial charge in [-0.3, -0.25) is 14.4 Å². The fourth-order valence-electron chi connectivity index (χ4n) is 3.45. The zero-order chi connectivity index (χ0) is 26.2. The van der Waals surface area contributed by atoms with Gasteiger partial charge in [0.15, 0.2) is 0 Å². The molecule has 1 aromatic rings. The first-order chi connectivity index (χ1) is 15.7. The molecule has 34 heavy (non-hydrogen) atoms. The van der Waals surface area contributed by atoms with E-state index in [2.05, 4.69) is 10.6 Å². The Morgan fingerprint density at radius 3 is 2.29 bits per heavy atom. The van der Waals surface area contributed by atoms with Crippen molar-refractivity contribution in [1.29, 1.82) is 0 Å². The SMILES string of the molecule is CCCC(C)NC(=O)C(c1ccc(O)c(C)c1)N(C)C(=O)C(CC(N)=O)NC(=O)OC(C)(C)C. The molecule has 10 nitrogen and oxygen atoms in total. The number of ether oxygens (including phenoxy) is 1. The maximum Gasteiger partial charge on any atom is 0.408 e. The molecular weight excluding hydrogens is 440 g/mol. The molecule has 10 heteroatoms. The Hall–Kier alpha value is -3.30. The minimum Gasteiger partial charge on any atom is -0.508 e. The van der Waals surface area contributed by atoms with E-state index in [1.54, 1.807) is 39.8 Å². The molecule has 3 atom stereocenters. The second-order valence-electron chi connectivity index (χ2n) is 9.47. The molecule has 5 N–H and O–H groups in total. The zero-order valence-electron chi connectivity index (χ0n) is 21.1. The summed E-state index contributed by atoms with van der Waals surface area (Å²) < 4.78 is 5.20. The molecule has 0 aromatic heterocycles. The molecule has 0 bridgehead atoms. The summed E-state index contributed by atoms with van der Waals surface area (Å²) in [6, 6.07) is 2.05. The highest BCUT2D eigenvalue weighted by Gasteiger charge is 2.35. The van der Waals surface area contributed by atoms with Gasteiger partial charge in [-0.05, 0) is 64.3 Å². The van der Waals surface area contributed by atoms with Gasteiger partial charge in [0.1, 0.15) is 23.4 Å². The summed E-state index contributed by atoms with van der Waals surface area (Å²) in [7, 11) is 1.41. The van der Waals surface area contributed by atoms with Crippen molar-refractivity contribution >= 4 is 23.8 Å². The van der Waals surface area contributed by atoms with Crippen LogP contribution in [0.4, 0.5) is 4.79 Å². The summed E-state index contributed by atoms with van der Waals surface area (Å²) in [5.41, 5.74) is 5.47. The summed E-state index contributed by atoms with van der Waals surface area (Å²) in [6.45, 7) is 10.5. The number of aromatic hydroxyl groups is 1. The van der Waals surface area contributed by atoms with Crippen molar-refractivity contribution in [2.75, 3.05) is 7.05 Å². The third kappa shape index (κ3) is 8.92. The lowest BCUT2D eigenvalue weighted by Crippen LogP contribution is -2.53. The van der Waals surface area contributed by atoms with Crippen LogP contribution in [0.2, 0.25) is 0 Å². The van der Waals surface area contributed by atoms with E-state index in [9.17, 15) is 24.3 Å². The van der Waals surface area contributed by atoms with Crippen LogP contribution in [-0.2, 0) is 19.1 Å². The van der Waals surface area contributed by atoms with Crippen molar-refractivity contribution in [3.63, 3.8) is 0 Å². The van der Waals surface area contributed by atoms with E-state index in [4.69, 9.17) is 10.5 Å². The molecule has 0 radical (unpaired) electrons. The Balaban J connectivity index is 3.31. The summed E-state index contributed by atoms with van der Waals surface area (Å²) >= 11 is 0. The van der Waals surface area contributed by atoms with Crippen LogP contribution in [0.3, 0.4) is 0 Å². The number of nitrogens with one attached hydrogen (secondary N) is 2. The van der Waals surface area contributed by atoms with Crippen LogP contribution in [-0.4, -0.2) is 58.6 Å². The van der Waals surface area contributed by atoms with Crippen LogP contribution in [0.5, 0.6) is 5.75 Å². The number of likely N-dealkylation sites (N-methyl/N-ethyl adjacent to an activating group) is 1. The molecule has 0 aliphatic rings. The van der Waals surface area contributed by atoms with E-state index in [-0.39, 0.29) is 11.8 Å². The number of aryl methyl sites for hydroxylation is 1. The maximum absolute atomic E-state index is 13.4. The van der Waals surface area contributed by atoms with Crippen LogP contribution in [0.1, 0.15) is 71.0 Å². The highest BCUT2D eigenvalue weighted by atomic mass is 16.6. The predicted molar refractivity (Wildman–Crippen MR) is 128 cm³/mol. The van der Waals surface area contributed by atoms with Crippen molar-refractivity contribution in [3.05, 3.63) is 29.3 Å². The average Bonchev–Trinajstić information content (AvgIpc) is 2.68. The van der Waals surface area contributed by atoms with Crippen LogP contribution < -0.4 is 16.4 Å². The normalized spacial score (nSPS) is 13.9. The van der Waals surface area contributed by atoms with E-state index in [1.165, 1.54) is 13.1 Å². The number of primary amides is 1. The molecule has 0 heterocycles. The summed E-state index contributed by atoms with van der Waals surface area (Å²) in [5, 5.41) is 15.2. The third-order valence-corrected chi connectivity index (χ3v) is 5.02. The Labute approximate surface area is 201 Å². The molecule has 190 valence electrons. The van der Waals surface area contributed by atoms with Crippen LogP contribution in [0, 0.1) is 6.92 Å². The van der Waals surface area contributed by atoms with E-state index in [1.807, 2.05) is 13.8 Å². The first-order valence-corrected chi connectivity index (χ1v) is 11.3. The van der Waals surface area contributed by atoms with Gasteiger partial charge in [0.25, 0.3) is 0 Å². The average molecular weight is 479 g/mol. The van der Waals surface area contributed by atoms with Crippen molar-refractivity contribution in [1.82, 2.24) is 15.5 Å². The minimum atomic E-state index is -1.33. The van der Waals surface area contributed by atoms with Gasteiger partial charge in [0.2, 0.25) is 17.7 Å². The third-order valence-electron chi connectivity index (χ3n) is 5.02. The molecule has 3 unspecified atom stereocenters. The van der Waals surface area contributed by atoms with Crippen molar-refractivity contribution in [3.8, 4) is 5.75 Å². The molecule has 0 saturated heterocycles. The molecule has 1 aromatic carbocycles. The summed E-state index contributed by atoms with van der Waals surface area (Å²) in [4.78, 5) is 51.7. The largest absolute Gasteiger partial charge is 0.508 e. The first-order valence-electron chi connectivity index (χ1n) is 11.3. The van der Waals surface area contributed by atoms with Gasteiger partial charge in [-0.25, -0.2) is 4.79 Å². The highest BCUT2D eigenvalue weighted by molar-refractivity contribution is 5.94. The van der Waals surface area contributed by atoms with Gasteiger partial charge in [-0.2, -0.15) is 0 Å². The molecule has 0 fully saturated rings. The molecular formula is C24H38N4O6. The number of nitrogens with two attached hydrogens (primary N) is 1. The Kier molecular flexibility index (Phi) is 10.3. The number of hydrogen-bond donors (Lipinski definition) is 4. The maximum atomic E-state index is 13.4. The van der Waals surface area contributed by atoms with Crippen molar-refractivity contribution < 1.29 is 29.0 Å².